The lowest BCUT2D eigenvalue weighted by Gasteiger charge is -2.34. The number of halogens is 3. The topological polar surface area (TPSA) is 94.3 Å². The van der Waals surface area contributed by atoms with Gasteiger partial charge in [-0.1, -0.05) is 18.2 Å². The van der Waals surface area contributed by atoms with Gasteiger partial charge in [0.25, 0.3) is 5.91 Å². The van der Waals surface area contributed by atoms with Gasteiger partial charge in [-0.15, -0.1) is 0 Å². The summed E-state index contributed by atoms with van der Waals surface area (Å²) in [6.45, 7) is 2.72. The lowest BCUT2D eigenvalue weighted by molar-refractivity contribution is -0.137. The molecule has 8 nitrogen and oxygen atoms in total. The fraction of sp³-hybridized carbons (Fsp3) is 0.348. The van der Waals surface area contributed by atoms with E-state index in [1.807, 2.05) is 11.9 Å². The van der Waals surface area contributed by atoms with Crippen molar-refractivity contribution in [3.63, 3.8) is 0 Å². The highest BCUT2D eigenvalue weighted by molar-refractivity contribution is 6.44. The van der Waals surface area contributed by atoms with Gasteiger partial charge in [0.05, 0.1) is 16.9 Å². The number of nitrogens with one attached hydrogen (secondary N) is 1. The van der Waals surface area contributed by atoms with Crippen molar-refractivity contribution in [2.45, 2.75) is 18.6 Å². The van der Waals surface area contributed by atoms with Crippen LogP contribution in [0.15, 0.2) is 53.6 Å². The number of carbonyl (C=O) groups excluding carboxylic acids is 2. The minimum atomic E-state index is -4.67. The van der Waals surface area contributed by atoms with E-state index < -0.39 is 29.6 Å². The molecule has 2 heterocycles. The van der Waals surface area contributed by atoms with Gasteiger partial charge in [0.15, 0.2) is 0 Å². The molecule has 2 aliphatic heterocycles. The van der Waals surface area contributed by atoms with Crippen molar-refractivity contribution in [2.75, 3.05) is 48.5 Å². The molecule has 180 valence electrons. The van der Waals surface area contributed by atoms with E-state index in [-0.39, 0.29) is 17.8 Å². The number of para-hydroxylation sites is 1. The molecule has 11 heteroatoms. The highest BCUT2D eigenvalue weighted by Crippen LogP contribution is 2.38. The van der Waals surface area contributed by atoms with Crippen LogP contribution in [0.1, 0.15) is 12.0 Å². The van der Waals surface area contributed by atoms with E-state index in [0.29, 0.717) is 24.5 Å². The van der Waals surface area contributed by atoms with Crippen molar-refractivity contribution in [2.24, 2.45) is 10.8 Å². The summed E-state index contributed by atoms with van der Waals surface area (Å²) in [5.74, 6) is -1.51. The van der Waals surface area contributed by atoms with E-state index in [1.54, 1.807) is 36.4 Å². The Morgan fingerprint density at radius 2 is 1.71 bits per heavy atom. The van der Waals surface area contributed by atoms with Crippen LogP contribution in [-0.4, -0.2) is 61.7 Å². The number of benzene rings is 2. The Bertz CT molecular complexity index is 1100. The number of alkyl halides is 3. The summed E-state index contributed by atoms with van der Waals surface area (Å²) < 4.78 is 41.6. The molecule has 2 aromatic rings. The number of primary amides is 1. The normalized spacial score (nSPS) is 19.2. The van der Waals surface area contributed by atoms with Crippen LogP contribution >= 0.6 is 0 Å². The van der Waals surface area contributed by atoms with Crippen molar-refractivity contribution in [1.29, 1.82) is 0 Å². The Balaban J connectivity index is 1.58. The van der Waals surface area contributed by atoms with Gasteiger partial charge in [-0.05, 0) is 37.4 Å². The third-order valence-electron chi connectivity index (χ3n) is 5.95. The largest absolute Gasteiger partial charge is 0.418 e. The molecule has 4 rings (SSSR count). The maximum absolute atomic E-state index is 13.9. The second-order valence-electron chi connectivity index (χ2n) is 8.32. The number of nitrogens with two attached hydrogens (primary N) is 1. The third kappa shape index (κ3) is 4.98. The molecular weight excluding hydrogens is 449 g/mol. The Morgan fingerprint density at radius 3 is 2.32 bits per heavy atom. The summed E-state index contributed by atoms with van der Waals surface area (Å²) in [7, 11) is 1.96. The molecule has 0 radical (unpaired) electrons. The van der Waals surface area contributed by atoms with E-state index in [0.717, 1.165) is 19.2 Å². The van der Waals surface area contributed by atoms with Gasteiger partial charge < -0.3 is 20.9 Å². The van der Waals surface area contributed by atoms with Crippen LogP contribution in [0.2, 0.25) is 0 Å². The fourth-order valence-corrected chi connectivity index (χ4v) is 4.02. The highest BCUT2D eigenvalue weighted by Gasteiger charge is 2.38. The summed E-state index contributed by atoms with van der Waals surface area (Å²) in [5.41, 5.74) is 5.07. The van der Waals surface area contributed by atoms with Crippen LogP contribution < -0.4 is 21.0 Å². The predicted molar refractivity (Wildman–Crippen MR) is 124 cm³/mol. The Kier molecular flexibility index (Phi) is 6.47. The van der Waals surface area contributed by atoms with Gasteiger partial charge in [0.1, 0.15) is 11.8 Å². The number of anilines is 3. The van der Waals surface area contributed by atoms with E-state index in [9.17, 15) is 22.8 Å². The number of amides is 2. The van der Waals surface area contributed by atoms with Crippen molar-refractivity contribution in [1.82, 2.24) is 4.90 Å². The first-order chi connectivity index (χ1) is 16.1. The second-order valence-corrected chi connectivity index (χ2v) is 8.32. The van der Waals surface area contributed by atoms with Crippen LogP contribution in [0.3, 0.4) is 0 Å². The maximum Gasteiger partial charge on any atom is 0.418 e. The number of hydrogen-bond donors (Lipinski definition) is 2. The highest BCUT2D eigenvalue weighted by atomic mass is 19.4. The Labute approximate surface area is 194 Å². The molecular formula is C23H25F3N6O2. The van der Waals surface area contributed by atoms with Gasteiger partial charge in [-0.25, -0.2) is 0 Å². The standard InChI is InChI=1S/C23H25F3N6O2/c1-30-9-11-31(12-10-30)16-7-8-18(17(13-16)23(24,25)26)28-22(34)19-14-20(21(27)33)32(29-19)15-5-3-2-4-6-15/h2-8,13,20H,9-12,14H2,1H3,(H2,27,33)(H,28,34). The molecule has 0 saturated carbocycles. The van der Waals surface area contributed by atoms with Crippen molar-refractivity contribution in [3.05, 3.63) is 54.1 Å². The number of rotatable bonds is 5. The summed E-state index contributed by atoms with van der Waals surface area (Å²) in [5, 5.41) is 7.84. The first kappa shape index (κ1) is 23.6. The minimum absolute atomic E-state index is 0.0797. The van der Waals surface area contributed by atoms with E-state index in [1.165, 1.54) is 11.1 Å². The number of hydrazone groups is 1. The quantitative estimate of drug-likeness (QED) is 0.695. The zero-order valence-corrected chi connectivity index (χ0v) is 18.5. The molecule has 34 heavy (non-hydrogen) atoms. The smallest absolute Gasteiger partial charge is 0.369 e. The molecule has 1 saturated heterocycles. The summed E-state index contributed by atoms with van der Waals surface area (Å²) in [6, 6.07) is 11.6. The zero-order chi connectivity index (χ0) is 24.5. The van der Waals surface area contributed by atoms with Crippen molar-refractivity contribution < 1.29 is 22.8 Å². The number of hydrogen-bond acceptors (Lipinski definition) is 6. The lowest BCUT2D eigenvalue weighted by Crippen LogP contribution is -2.44. The van der Waals surface area contributed by atoms with Crippen molar-refractivity contribution >= 4 is 34.6 Å². The summed E-state index contributed by atoms with van der Waals surface area (Å²) >= 11 is 0. The van der Waals surface area contributed by atoms with Crippen LogP contribution in [0, 0.1) is 0 Å². The lowest BCUT2D eigenvalue weighted by atomic mass is 10.1. The summed E-state index contributed by atoms with van der Waals surface area (Å²) in [4.78, 5) is 28.8. The number of piperazine rings is 1. The molecule has 0 spiro atoms. The van der Waals surface area contributed by atoms with Gasteiger partial charge in [0, 0.05) is 38.3 Å². The first-order valence-corrected chi connectivity index (χ1v) is 10.8. The Hall–Kier alpha value is -3.60. The van der Waals surface area contributed by atoms with E-state index in [4.69, 9.17) is 5.73 Å². The van der Waals surface area contributed by atoms with E-state index in [2.05, 4.69) is 15.3 Å². The van der Waals surface area contributed by atoms with Gasteiger partial charge in [-0.2, -0.15) is 18.3 Å². The maximum atomic E-state index is 13.9. The molecule has 3 N–H and O–H groups in total. The van der Waals surface area contributed by atoms with Crippen LogP contribution in [0.25, 0.3) is 0 Å². The molecule has 0 aliphatic carbocycles. The number of nitrogens with zero attached hydrogens (tertiary/aromatic N) is 4. The summed E-state index contributed by atoms with van der Waals surface area (Å²) in [6.07, 6.45) is -4.79. The molecule has 2 aliphatic rings. The monoisotopic (exact) mass is 474 g/mol. The van der Waals surface area contributed by atoms with Gasteiger partial charge >= 0.3 is 6.18 Å². The molecule has 2 amide bonds. The minimum Gasteiger partial charge on any atom is -0.369 e. The number of likely N-dealkylation sites (N-methyl/N-ethyl adjacent to an activating group) is 1. The molecule has 2 aromatic carbocycles. The Morgan fingerprint density at radius 1 is 1.03 bits per heavy atom. The first-order valence-electron chi connectivity index (χ1n) is 10.8. The molecule has 0 aromatic heterocycles. The molecule has 1 unspecified atom stereocenters. The van der Waals surface area contributed by atoms with Gasteiger partial charge in [0.2, 0.25) is 5.91 Å². The molecule has 0 bridgehead atoms. The third-order valence-corrected chi connectivity index (χ3v) is 5.95. The second kappa shape index (κ2) is 9.34. The van der Waals surface area contributed by atoms with Crippen molar-refractivity contribution in [3.8, 4) is 0 Å². The number of carbonyl (C=O) groups is 2. The van der Waals surface area contributed by atoms with Crippen LogP contribution in [-0.2, 0) is 15.8 Å². The predicted octanol–water partition coefficient (Wildman–Crippen LogP) is 2.52. The van der Waals surface area contributed by atoms with Gasteiger partial charge in [-0.3, -0.25) is 14.6 Å². The molecule has 1 fully saturated rings. The molecule has 1 atom stereocenters. The van der Waals surface area contributed by atoms with Crippen LogP contribution in [0.5, 0.6) is 0 Å². The average Bonchev–Trinajstić information content (AvgIpc) is 3.26. The SMILES string of the molecule is CN1CCN(c2ccc(NC(=O)C3=NN(c4ccccc4)C(C(N)=O)C3)c(C(F)(F)F)c2)CC1. The zero-order valence-electron chi connectivity index (χ0n) is 18.5. The fourth-order valence-electron chi connectivity index (χ4n) is 4.02. The van der Waals surface area contributed by atoms with E-state index >= 15 is 0 Å². The average molecular weight is 474 g/mol. The van der Waals surface area contributed by atoms with Crippen LogP contribution in [0.4, 0.5) is 30.2 Å².